The highest BCUT2D eigenvalue weighted by Crippen LogP contribution is 2.23. The van der Waals surface area contributed by atoms with E-state index in [1.165, 1.54) is 6.42 Å². The van der Waals surface area contributed by atoms with E-state index < -0.39 is 0 Å². The maximum absolute atomic E-state index is 13.1. The molecule has 0 saturated carbocycles. The first kappa shape index (κ1) is 16.5. The van der Waals surface area contributed by atoms with Crippen LogP contribution in [0.3, 0.4) is 0 Å². The molecule has 2 bridgehead atoms. The largest absolute Gasteiger partial charge is 0.336 e. The standard InChI is InChI=1S/C18H22ClN5O/c1-2-16-17(21-22-24(16)15-5-3-4-12(19)10-15)18(25)23-9-8-13-6-7-14(11-23)20-13/h3-5,10,13-14,20H,2,6-9,11H2,1H3. The van der Waals surface area contributed by atoms with E-state index in [0.717, 1.165) is 37.3 Å². The number of amides is 1. The van der Waals surface area contributed by atoms with Gasteiger partial charge in [-0.3, -0.25) is 4.79 Å². The number of hydrogen-bond donors (Lipinski definition) is 1. The zero-order valence-corrected chi connectivity index (χ0v) is 15.0. The molecule has 2 saturated heterocycles. The summed E-state index contributed by atoms with van der Waals surface area (Å²) in [6.07, 6.45) is 4.05. The molecule has 2 aliphatic heterocycles. The van der Waals surface area contributed by atoms with Crippen molar-refractivity contribution < 1.29 is 4.79 Å². The Labute approximate surface area is 152 Å². The number of nitrogens with one attached hydrogen (secondary N) is 1. The molecule has 2 unspecified atom stereocenters. The third-order valence-electron chi connectivity index (χ3n) is 5.16. The lowest BCUT2D eigenvalue weighted by molar-refractivity contribution is 0.0741. The Bertz CT molecular complexity index is 790. The van der Waals surface area contributed by atoms with Crippen molar-refractivity contribution >= 4 is 17.5 Å². The van der Waals surface area contributed by atoms with Crippen LogP contribution >= 0.6 is 11.6 Å². The van der Waals surface area contributed by atoms with Gasteiger partial charge in [-0.1, -0.05) is 29.8 Å². The Kier molecular flexibility index (Phi) is 4.48. The number of hydrogen-bond acceptors (Lipinski definition) is 4. The molecule has 0 spiro atoms. The molecule has 4 rings (SSSR count). The summed E-state index contributed by atoms with van der Waals surface area (Å²) in [4.78, 5) is 15.0. The van der Waals surface area contributed by atoms with E-state index in [0.29, 0.717) is 29.2 Å². The Morgan fingerprint density at radius 2 is 2.16 bits per heavy atom. The molecule has 2 aliphatic rings. The first-order chi connectivity index (χ1) is 12.2. The van der Waals surface area contributed by atoms with E-state index >= 15 is 0 Å². The third-order valence-corrected chi connectivity index (χ3v) is 5.40. The highest BCUT2D eigenvalue weighted by Gasteiger charge is 2.33. The Hall–Kier alpha value is -1.92. The van der Waals surface area contributed by atoms with Crippen LogP contribution in [0.15, 0.2) is 24.3 Å². The number of rotatable bonds is 3. The molecular weight excluding hydrogens is 338 g/mol. The number of carbonyl (C=O) groups excluding carboxylic acids is 1. The van der Waals surface area contributed by atoms with Gasteiger partial charge in [0.05, 0.1) is 11.4 Å². The van der Waals surface area contributed by atoms with Crippen molar-refractivity contribution in [3.63, 3.8) is 0 Å². The lowest BCUT2D eigenvalue weighted by Crippen LogP contribution is -2.39. The SMILES string of the molecule is CCc1c(C(=O)N2CCC3CCC(C2)N3)nnn1-c1cccc(Cl)c1. The average molecular weight is 360 g/mol. The number of fused-ring (bicyclic) bond motifs is 2. The van der Waals surface area contributed by atoms with Crippen molar-refractivity contribution in [1.82, 2.24) is 25.2 Å². The first-order valence-corrected chi connectivity index (χ1v) is 9.29. The van der Waals surface area contributed by atoms with Crippen LogP contribution in [0.1, 0.15) is 42.4 Å². The van der Waals surface area contributed by atoms with Gasteiger partial charge in [-0.25, -0.2) is 4.68 Å². The number of likely N-dealkylation sites (tertiary alicyclic amines) is 1. The molecule has 0 aliphatic carbocycles. The van der Waals surface area contributed by atoms with Crippen LogP contribution in [0.4, 0.5) is 0 Å². The highest BCUT2D eigenvalue weighted by atomic mass is 35.5. The molecule has 25 heavy (non-hydrogen) atoms. The Balaban J connectivity index is 1.63. The van der Waals surface area contributed by atoms with Crippen LogP contribution in [0.25, 0.3) is 5.69 Å². The fraction of sp³-hybridized carbons (Fsp3) is 0.500. The van der Waals surface area contributed by atoms with Crippen molar-refractivity contribution in [3.8, 4) is 5.69 Å². The number of halogens is 1. The number of aromatic nitrogens is 3. The molecule has 7 heteroatoms. The predicted octanol–water partition coefficient (Wildman–Crippen LogP) is 2.45. The van der Waals surface area contributed by atoms with Crippen molar-refractivity contribution in [2.75, 3.05) is 13.1 Å². The Morgan fingerprint density at radius 1 is 1.32 bits per heavy atom. The third kappa shape index (κ3) is 3.16. The normalized spacial score (nSPS) is 22.9. The minimum absolute atomic E-state index is 0.0144. The quantitative estimate of drug-likeness (QED) is 0.914. The summed E-state index contributed by atoms with van der Waals surface area (Å²) < 4.78 is 1.72. The van der Waals surface area contributed by atoms with Gasteiger partial charge in [-0.2, -0.15) is 0 Å². The lowest BCUT2D eigenvalue weighted by Gasteiger charge is -2.23. The van der Waals surface area contributed by atoms with E-state index in [2.05, 4.69) is 15.6 Å². The summed E-state index contributed by atoms with van der Waals surface area (Å²) in [5, 5.41) is 12.7. The maximum Gasteiger partial charge on any atom is 0.276 e. The van der Waals surface area contributed by atoms with Gasteiger partial charge in [0, 0.05) is 30.2 Å². The van der Waals surface area contributed by atoms with Gasteiger partial charge in [0.1, 0.15) is 0 Å². The molecule has 6 nitrogen and oxygen atoms in total. The fourth-order valence-electron chi connectivity index (χ4n) is 3.88. The van der Waals surface area contributed by atoms with Crippen molar-refractivity contribution in [2.45, 2.75) is 44.7 Å². The van der Waals surface area contributed by atoms with Gasteiger partial charge in [0.15, 0.2) is 5.69 Å². The van der Waals surface area contributed by atoms with E-state index in [-0.39, 0.29) is 5.91 Å². The molecule has 3 heterocycles. The molecule has 2 atom stereocenters. The van der Waals surface area contributed by atoms with Gasteiger partial charge in [0.2, 0.25) is 0 Å². The van der Waals surface area contributed by atoms with Gasteiger partial charge in [-0.05, 0) is 43.9 Å². The van der Waals surface area contributed by atoms with Gasteiger partial charge < -0.3 is 10.2 Å². The summed E-state index contributed by atoms with van der Waals surface area (Å²) in [6.45, 7) is 3.55. The minimum Gasteiger partial charge on any atom is -0.336 e. The van der Waals surface area contributed by atoms with Crippen LogP contribution in [0, 0.1) is 0 Å². The molecular formula is C18H22ClN5O. The van der Waals surface area contributed by atoms with E-state index in [4.69, 9.17) is 11.6 Å². The molecule has 1 amide bonds. The summed E-state index contributed by atoms with van der Waals surface area (Å²) in [6, 6.07) is 8.40. The van der Waals surface area contributed by atoms with Gasteiger partial charge >= 0.3 is 0 Å². The number of benzene rings is 1. The van der Waals surface area contributed by atoms with Crippen molar-refractivity contribution in [3.05, 3.63) is 40.7 Å². The first-order valence-electron chi connectivity index (χ1n) is 8.91. The van der Waals surface area contributed by atoms with Crippen LogP contribution < -0.4 is 5.32 Å². The summed E-state index contributed by atoms with van der Waals surface area (Å²) >= 11 is 6.09. The second kappa shape index (κ2) is 6.77. The monoisotopic (exact) mass is 359 g/mol. The zero-order valence-electron chi connectivity index (χ0n) is 14.3. The molecule has 1 N–H and O–H groups in total. The van der Waals surface area contributed by atoms with Crippen LogP contribution in [0.5, 0.6) is 0 Å². The van der Waals surface area contributed by atoms with Crippen LogP contribution in [-0.2, 0) is 6.42 Å². The highest BCUT2D eigenvalue weighted by molar-refractivity contribution is 6.30. The molecule has 2 aromatic rings. The van der Waals surface area contributed by atoms with Crippen LogP contribution in [-0.4, -0.2) is 51.0 Å². The van der Waals surface area contributed by atoms with E-state index in [9.17, 15) is 4.79 Å². The maximum atomic E-state index is 13.1. The van der Waals surface area contributed by atoms with Crippen molar-refractivity contribution in [2.24, 2.45) is 0 Å². The molecule has 2 fully saturated rings. The second-order valence-corrected chi connectivity index (χ2v) is 7.24. The van der Waals surface area contributed by atoms with E-state index in [1.54, 1.807) is 4.68 Å². The fourth-order valence-corrected chi connectivity index (χ4v) is 4.06. The second-order valence-electron chi connectivity index (χ2n) is 6.81. The zero-order chi connectivity index (χ0) is 17.4. The van der Waals surface area contributed by atoms with Gasteiger partial charge in [-0.15, -0.1) is 5.10 Å². The average Bonchev–Trinajstić information content (AvgIpc) is 3.17. The summed E-state index contributed by atoms with van der Waals surface area (Å²) in [7, 11) is 0. The molecule has 1 aromatic heterocycles. The predicted molar refractivity (Wildman–Crippen MR) is 96.2 cm³/mol. The smallest absolute Gasteiger partial charge is 0.276 e. The minimum atomic E-state index is -0.0144. The van der Waals surface area contributed by atoms with E-state index in [1.807, 2.05) is 36.1 Å². The number of nitrogens with zero attached hydrogens (tertiary/aromatic N) is 4. The topological polar surface area (TPSA) is 63.1 Å². The summed E-state index contributed by atoms with van der Waals surface area (Å²) in [5.74, 6) is -0.0144. The van der Waals surface area contributed by atoms with Gasteiger partial charge in [0.25, 0.3) is 5.91 Å². The number of carbonyl (C=O) groups is 1. The summed E-state index contributed by atoms with van der Waals surface area (Å²) in [5.41, 5.74) is 2.11. The van der Waals surface area contributed by atoms with Crippen LogP contribution in [0.2, 0.25) is 5.02 Å². The molecule has 1 aromatic carbocycles. The lowest BCUT2D eigenvalue weighted by atomic mass is 10.1. The van der Waals surface area contributed by atoms with Crippen molar-refractivity contribution in [1.29, 1.82) is 0 Å². The molecule has 132 valence electrons. The molecule has 0 radical (unpaired) electrons. The Morgan fingerprint density at radius 3 is 2.96 bits per heavy atom.